The number of hydrogen-bond donors (Lipinski definition) is 0. The standard InChI is InChI=1S/C56H35F2N/c57-39-24-28-41(29-25-39)59(42-30-26-40(58)27-31-42)54-34-33-45(46-17-5-6-18-47(46)54)38-23-32-52-53(35-38)56(49-22-10-14-37-12-2-4-16-44(37)49)51-20-8-7-19-50(51)55(52)48-21-9-13-36-11-1-3-15-43(36)48/h1-35H. The van der Waals surface area contributed by atoms with Crippen molar-refractivity contribution in [2.45, 2.75) is 0 Å². The number of hydrogen-bond acceptors (Lipinski definition) is 1. The summed E-state index contributed by atoms with van der Waals surface area (Å²) >= 11 is 0. The van der Waals surface area contributed by atoms with Crippen molar-refractivity contribution in [1.29, 1.82) is 0 Å². The minimum Gasteiger partial charge on any atom is -0.310 e. The molecule has 0 radical (unpaired) electrons. The fourth-order valence-corrected chi connectivity index (χ4v) is 9.15. The van der Waals surface area contributed by atoms with Gasteiger partial charge in [-0.25, -0.2) is 8.78 Å². The van der Waals surface area contributed by atoms with Crippen LogP contribution in [-0.4, -0.2) is 0 Å². The average Bonchev–Trinajstić information content (AvgIpc) is 3.29. The predicted molar refractivity (Wildman–Crippen MR) is 245 cm³/mol. The van der Waals surface area contributed by atoms with Gasteiger partial charge in [-0.05, 0) is 143 Å². The summed E-state index contributed by atoms with van der Waals surface area (Å²) in [5.41, 5.74) is 9.46. The summed E-state index contributed by atoms with van der Waals surface area (Å²) in [4.78, 5) is 2.06. The Balaban J connectivity index is 1.21. The molecule has 3 heteroatoms. The van der Waals surface area contributed by atoms with E-state index in [4.69, 9.17) is 0 Å². The third-order valence-electron chi connectivity index (χ3n) is 11.8. The minimum absolute atomic E-state index is 0.316. The number of nitrogens with zero attached hydrogens (tertiary/aromatic N) is 1. The summed E-state index contributed by atoms with van der Waals surface area (Å²) in [5.74, 6) is -0.632. The topological polar surface area (TPSA) is 3.24 Å². The van der Waals surface area contributed by atoms with Crippen LogP contribution in [0.25, 0.3) is 87.2 Å². The van der Waals surface area contributed by atoms with Crippen LogP contribution in [0.15, 0.2) is 212 Å². The van der Waals surface area contributed by atoms with Crippen molar-refractivity contribution in [2.24, 2.45) is 0 Å². The first-order chi connectivity index (χ1) is 29.1. The molecule has 0 saturated heterocycles. The maximum absolute atomic E-state index is 14.2. The van der Waals surface area contributed by atoms with E-state index in [1.54, 1.807) is 24.3 Å². The molecule has 0 aliphatic rings. The lowest BCUT2D eigenvalue weighted by molar-refractivity contribution is 0.628. The summed E-state index contributed by atoms with van der Waals surface area (Å²) in [6.45, 7) is 0. The van der Waals surface area contributed by atoms with Crippen molar-refractivity contribution in [3.05, 3.63) is 224 Å². The second-order valence-corrected chi connectivity index (χ2v) is 15.1. The Labute approximate surface area is 340 Å². The van der Waals surface area contributed by atoms with Gasteiger partial charge in [-0.2, -0.15) is 0 Å². The van der Waals surface area contributed by atoms with E-state index in [-0.39, 0.29) is 11.6 Å². The number of halogens is 2. The molecule has 0 aromatic heterocycles. The zero-order chi connectivity index (χ0) is 39.5. The summed E-state index contributed by atoms with van der Waals surface area (Å²) in [5, 5.41) is 11.7. The van der Waals surface area contributed by atoms with Crippen molar-refractivity contribution in [3.8, 4) is 33.4 Å². The van der Waals surface area contributed by atoms with Gasteiger partial charge >= 0.3 is 0 Å². The Morgan fingerprint density at radius 3 is 1.29 bits per heavy atom. The van der Waals surface area contributed by atoms with Crippen molar-refractivity contribution >= 4 is 70.9 Å². The highest BCUT2D eigenvalue weighted by Crippen LogP contribution is 2.49. The molecule has 0 amide bonds. The third kappa shape index (κ3) is 5.82. The SMILES string of the molecule is Fc1ccc(N(c2ccc(F)cc2)c2ccc(-c3ccc4c(-c5cccc6ccccc56)c5ccccc5c(-c5cccc6ccccc56)c4c3)c3ccccc23)cc1. The summed E-state index contributed by atoms with van der Waals surface area (Å²) in [6.07, 6.45) is 0. The van der Waals surface area contributed by atoms with Crippen molar-refractivity contribution in [1.82, 2.24) is 0 Å². The smallest absolute Gasteiger partial charge is 0.123 e. The van der Waals surface area contributed by atoms with Gasteiger partial charge in [0.2, 0.25) is 0 Å². The van der Waals surface area contributed by atoms with Crippen molar-refractivity contribution in [2.75, 3.05) is 4.90 Å². The number of anilines is 3. The van der Waals surface area contributed by atoms with Crippen LogP contribution >= 0.6 is 0 Å². The molecule has 11 aromatic rings. The van der Waals surface area contributed by atoms with Gasteiger partial charge < -0.3 is 4.90 Å². The Hall–Kier alpha value is -7.62. The van der Waals surface area contributed by atoms with Crippen LogP contribution in [0.1, 0.15) is 0 Å². The molecule has 0 N–H and O–H groups in total. The lowest BCUT2D eigenvalue weighted by Gasteiger charge is -2.27. The van der Waals surface area contributed by atoms with Crippen molar-refractivity contribution < 1.29 is 8.78 Å². The Morgan fingerprint density at radius 1 is 0.288 bits per heavy atom. The zero-order valence-electron chi connectivity index (χ0n) is 31.9. The fourth-order valence-electron chi connectivity index (χ4n) is 9.15. The van der Waals surface area contributed by atoms with E-state index < -0.39 is 0 Å². The number of benzene rings is 11. The molecule has 0 spiro atoms. The first-order valence-corrected chi connectivity index (χ1v) is 19.9. The molecular formula is C56H35F2N. The van der Waals surface area contributed by atoms with Gasteiger partial charge in [0.05, 0.1) is 5.69 Å². The molecule has 0 heterocycles. The quantitative estimate of drug-likeness (QED) is 0.153. The van der Waals surface area contributed by atoms with E-state index in [0.29, 0.717) is 0 Å². The largest absolute Gasteiger partial charge is 0.310 e. The maximum Gasteiger partial charge on any atom is 0.123 e. The van der Waals surface area contributed by atoms with Gasteiger partial charge in [0.15, 0.2) is 0 Å². The van der Waals surface area contributed by atoms with Gasteiger partial charge in [-0.1, -0.05) is 152 Å². The maximum atomic E-state index is 14.2. The van der Waals surface area contributed by atoms with Gasteiger partial charge in [0.25, 0.3) is 0 Å². The molecule has 11 aromatic carbocycles. The van der Waals surface area contributed by atoms with E-state index in [2.05, 4.69) is 163 Å². The zero-order valence-corrected chi connectivity index (χ0v) is 31.9. The van der Waals surface area contributed by atoms with Crippen LogP contribution in [-0.2, 0) is 0 Å². The van der Waals surface area contributed by atoms with E-state index >= 15 is 0 Å². The van der Waals surface area contributed by atoms with Gasteiger partial charge in [0, 0.05) is 16.8 Å². The van der Waals surface area contributed by atoms with Crippen LogP contribution in [0.4, 0.5) is 25.8 Å². The molecule has 0 saturated carbocycles. The predicted octanol–water partition coefficient (Wildman–Crippen LogP) is 16.2. The number of rotatable bonds is 6. The van der Waals surface area contributed by atoms with E-state index in [9.17, 15) is 8.78 Å². The molecule has 0 unspecified atom stereocenters. The highest BCUT2D eigenvalue weighted by molar-refractivity contribution is 6.26. The molecule has 278 valence electrons. The molecule has 0 fully saturated rings. The first-order valence-electron chi connectivity index (χ1n) is 19.9. The molecule has 59 heavy (non-hydrogen) atoms. The first kappa shape index (κ1) is 34.6. The Kier molecular flexibility index (Phi) is 8.27. The second kappa shape index (κ2) is 14.1. The normalized spacial score (nSPS) is 11.6. The van der Waals surface area contributed by atoms with E-state index in [1.807, 2.05) is 6.07 Å². The molecule has 1 nitrogen and oxygen atoms in total. The van der Waals surface area contributed by atoms with Crippen molar-refractivity contribution in [3.63, 3.8) is 0 Å². The lowest BCUT2D eigenvalue weighted by Crippen LogP contribution is -2.10. The highest BCUT2D eigenvalue weighted by Gasteiger charge is 2.22. The average molecular weight is 760 g/mol. The third-order valence-corrected chi connectivity index (χ3v) is 11.8. The van der Waals surface area contributed by atoms with Crippen LogP contribution in [0, 0.1) is 11.6 Å². The molecular weight excluding hydrogens is 725 g/mol. The highest BCUT2D eigenvalue weighted by atomic mass is 19.1. The molecule has 0 bridgehead atoms. The van der Waals surface area contributed by atoms with Gasteiger partial charge in [0.1, 0.15) is 11.6 Å². The second-order valence-electron chi connectivity index (χ2n) is 15.1. The monoisotopic (exact) mass is 759 g/mol. The van der Waals surface area contributed by atoms with Crippen LogP contribution < -0.4 is 4.90 Å². The molecule has 0 atom stereocenters. The van der Waals surface area contributed by atoms with Crippen LogP contribution in [0.5, 0.6) is 0 Å². The van der Waals surface area contributed by atoms with Gasteiger partial charge in [-0.3, -0.25) is 0 Å². The van der Waals surface area contributed by atoms with E-state index in [1.165, 1.54) is 89.6 Å². The fraction of sp³-hybridized carbons (Fsp3) is 0. The Bertz CT molecular complexity index is 3350. The molecule has 0 aliphatic carbocycles. The van der Waals surface area contributed by atoms with Gasteiger partial charge in [-0.15, -0.1) is 0 Å². The minimum atomic E-state index is -0.316. The van der Waals surface area contributed by atoms with Crippen LogP contribution in [0.3, 0.4) is 0 Å². The van der Waals surface area contributed by atoms with Crippen LogP contribution in [0.2, 0.25) is 0 Å². The summed E-state index contributed by atoms with van der Waals surface area (Å²) in [6, 6.07) is 71.9. The lowest BCUT2D eigenvalue weighted by atomic mass is 9.82. The Morgan fingerprint density at radius 2 is 0.729 bits per heavy atom. The number of fused-ring (bicyclic) bond motifs is 5. The summed E-state index contributed by atoms with van der Waals surface area (Å²) in [7, 11) is 0. The summed E-state index contributed by atoms with van der Waals surface area (Å²) < 4.78 is 28.5. The molecule has 0 aliphatic heterocycles. The van der Waals surface area contributed by atoms with E-state index in [0.717, 1.165) is 39.0 Å². The molecule has 11 rings (SSSR count).